The van der Waals surface area contributed by atoms with Crippen LogP contribution in [0.1, 0.15) is 13.3 Å². The number of nitrogens with one attached hydrogen (secondary N) is 3. The van der Waals surface area contributed by atoms with Gasteiger partial charge < -0.3 is 10.6 Å². The van der Waals surface area contributed by atoms with Crippen LogP contribution in [0.2, 0.25) is 0 Å². The summed E-state index contributed by atoms with van der Waals surface area (Å²) in [6.07, 6.45) is -0.125. The second-order valence-electron chi connectivity index (χ2n) is 4.44. The van der Waals surface area contributed by atoms with Crippen LogP contribution in [0.3, 0.4) is 0 Å². The summed E-state index contributed by atoms with van der Waals surface area (Å²) in [4.78, 5) is 31.6. The number of amides is 3. The van der Waals surface area contributed by atoms with Gasteiger partial charge in [0.2, 0.25) is 11.8 Å². The zero-order valence-electron chi connectivity index (χ0n) is 12.3. The Hall–Kier alpha value is -1.04. The molecule has 2 rings (SSSR count). The van der Waals surface area contributed by atoms with E-state index in [1.54, 1.807) is 6.07 Å². The van der Waals surface area contributed by atoms with E-state index in [0.29, 0.717) is 5.69 Å². The molecule has 13 heteroatoms. The van der Waals surface area contributed by atoms with Crippen molar-refractivity contribution in [2.24, 2.45) is 0 Å². The molecule has 1 unspecified atom stereocenters. The Morgan fingerprint density at radius 1 is 1.32 bits per heavy atom. The number of rotatable bonds is 3. The number of anilines is 1. The van der Waals surface area contributed by atoms with Gasteiger partial charge in [0.15, 0.2) is 5.11 Å². The maximum atomic E-state index is 11.3. The van der Waals surface area contributed by atoms with Crippen molar-refractivity contribution in [3.05, 3.63) is 24.3 Å². The van der Waals surface area contributed by atoms with Crippen LogP contribution in [-0.4, -0.2) is 75.9 Å². The fourth-order valence-electron chi connectivity index (χ4n) is 1.53. The molecule has 1 fully saturated rings. The Labute approximate surface area is 172 Å². The fraction of sp³-hybridized carbons (Fsp3) is 0.167. The van der Waals surface area contributed by atoms with Crippen LogP contribution in [0.15, 0.2) is 24.3 Å². The van der Waals surface area contributed by atoms with Crippen molar-refractivity contribution in [1.29, 1.82) is 0 Å². The Morgan fingerprint density at radius 3 is 2.32 bits per heavy atom. The predicted molar refractivity (Wildman–Crippen MR) is 93.4 cm³/mol. The zero-order valence-corrected chi connectivity index (χ0v) is 15.0. The first-order chi connectivity index (χ1) is 11.1. The Kier molecular flexibility index (Phi) is 10.4. The molecule has 1 heterocycles. The molecule has 1 aliphatic heterocycles. The SMILES string of the molecule is CC(=O)Nc1cccc([As](=O)(O)OO)c1.O=C1CC(=O)NC(=S)N1.[NaH]. The molecule has 132 valence electrons. The average molecular weight is 443 g/mol. The second-order valence-corrected chi connectivity index (χ2v) is 8.45. The summed E-state index contributed by atoms with van der Waals surface area (Å²) in [5.74, 6) is -0.982. The molecule has 1 atom stereocenters. The van der Waals surface area contributed by atoms with Crippen LogP contribution >= 0.6 is 12.2 Å². The van der Waals surface area contributed by atoms with Crippen LogP contribution in [0, 0.1) is 0 Å². The number of thiocarbonyl (C=S) groups is 1. The molecule has 25 heavy (non-hydrogen) atoms. The van der Waals surface area contributed by atoms with E-state index in [-0.39, 0.29) is 63.2 Å². The first-order valence-electron chi connectivity index (χ1n) is 6.32. The molecule has 1 aromatic rings. The van der Waals surface area contributed by atoms with Gasteiger partial charge in [-0.1, -0.05) is 0 Å². The molecule has 1 aliphatic rings. The van der Waals surface area contributed by atoms with Gasteiger partial charge in [0, 0.05) is 0 Å². The first kappa shape index (κ1) is 24.0. The van der Waals surface area contributed by atoms with Gasteiger partial charge in [-0.15, -0.1) is 0 Å². The number of benzene rings is 1. The summed E-state index contributed by atoms with van der Waals surface area (Å²) >= 11 is -0.330. The molecular formula is C12H15AsN3NaO7S. The molecule has 10 nitrogen and oxygen atoms in total. The van der Waals surface area contributed by atoms with Gasteiger partial charge in [-0.3, -0.25) is 9.59 Å². The molecular weight excluding hydrogens is 428 g/mol. The zero-order chi connectivity index (χ0) is 18.3. The third-order valence-corrected chi connectivity index (χ3v) is 5.05. The van der Waals surface area contributed by atoms with E-state index in [2.05, 4.69) is 32.0 Å². The van der Waals surface area contributed by atoms with Gasteiger partial charge in [-0.2, -0.15) is 0 Å². The monoisotopic (exact) mass is 443 g/mol. The number of hydrogen-bond acceptors (Lipinski definition) is 7. The molecule has 5 N–H and O–H groups in total. The van der Waals surface area contributed by atoms with Gasteiger partial charge >= 0.3 is 118 Å². The van der Waals surface area contributed by atoms with Crippen molar-refractivity contribution in [2.45, 2.75) is 13.3 Å². The maximum absolute atomic E-state index is 11.3. The van der Waals surface area contributed by atoms with E-state index in [1.165, 1.54) is 25.1 Å². The standard InChI is InChI=1S/C8H10AsNO5.C4H4N2O2S.Na.H/c1-6(11)10-8-4-2-3-7(5-8)9(12,13)15-14;7-2-1-3(8)6-4(9)5-2;;/h2-5,14H,1H3,(H,10,11)(H,12,13);1H2,(H2,5,6,7,8,9);;. The molecule has 0 bridgehead atoms. The van der Waals surface area contributed by atoms with Gasteiger partial charge in [0.25, 0.3) is 0 Å². The van der Waals surface area contributed by atoms with Crippen LogP contribution in [0.25, 0.3) is 0 Å². The third kappa shape index (κ3) is 8.75. The van der Waals surface area contributed by atoms with Gasteiger partial charge in [0.1, 0.15) is 6.42 Å². The summed E-state index contributed by atoms with van der Waals surface area (Å²) < 4.78 is 23.9. The van der Waals surface area contributed by atoms with Crippen LogP contribution in [0.4, 0.5) is 5.69 Å². The number of carbonyl (C=O) groups excluding carboxylic acids is 3. The van der Waals surface area contributed by atoms with Gasteiger partial charge in [-0.25, -0.2) is 0 Å². The van der Waals surface area contributed by atoms with Crippen molar-refractivity contribution in [3.8, 4) is 0 Å². The van der Waals surface area contributed by atoms with Crippen LogP contribution < -0.4 is 20.3 Å². The van der Waals surface area contributed by atoms with E-state index in [0.717, 1.165) is 0 Å². The average Bonchev–Trinajstić information content (AvgIpc) is 2.46. The normalized spacial score (nSPS) is 15.4. The van der Waals surface area contributed by atoms with E-state index in [9.17, 15) is 22.2 Å². The number of hydrogen-bond donors (Lipinski definition) is 5. The topological polar surface area (TPSA) is 154 Å². The third-order valence-electron chi connectivity index (χ3n) is 2.43. The first-order valence-corrected chi connectivity index (χ1v) is 10.0. The molecule has 0 aliphatic carbocycles. The fourth-order valence-corrected chi connectivity index (χ4v) is 3.16. The quantitative estimate of drug-likeness (QED) is 0.118. The van der Waals surface area contributed by atoms with Crippen molar-refractivity contribution in [2.75, 3.05) is 5.32 Å². The van der Waals surface area contributed by atoms with Crippen molar-refractivity contribution < 1.29 is 31.4 Å². The summed E-state index contributed by atoms with van der Waals surface area (Å²) in [7, 11) is 0. The Morgan fingerprint density at radius 2 is 1.88 bits per heavy atom. The number of carbonyl (C=O) groups is 3. The van der Waals surface area contributed by atoms with Crippen molar-refractivity contribution >= 4 is 88.8 Å². The summed E-state index contributed by atoms with van der Waals surface area (Å²) in [6, 6.07) is 5.64. The van der Waals surface area contributed by atoms with Crippen LogP contribution in [0.5, 0.6) is 0 Å². The second kappa shape index (κ2) is 10.8. The van der Waals surface area contributed by atoms with E-state index in [4.69, 9.17) is 5.26 Å². The summed E-state index contributed by atoms with van der Waals surface area (Å²) in [6.45, 7) is 1.32. The van der Waals surface area contributed by atoms with Crippen molar-refractivity contribution in [1.82, 2.24) is 10.6 Å². The van der Waals surface area contributed by atoms with Gasteiger partial charge in [0.05, 0.1) is 0 Å². The van der Waals surface area contributed by atoms with E-state index in [1.807, 2.05) is 0 Å². The molecule has 0 saturated carbocycles. The molecule has 0 aromatic heterocycles. The van der Waals surface area contributed by atoms with Gasteiger partial charge in [-0.05, 0) is 12.2 Å². The van der Waals surface area contributed by atoms with Crippen molar-refractivity contribution in [3.63, 3.8) is 0 Å². The molecule has 0 spiro atoms. The summed E-state index contributed by atoms with van der Waals surface area (Å²) in [5.41, 5.74) is 0.368. The minimum atomic E-state index is -4.83. The molecule has 3 amide bonds. The van der Waals surface area contributed by atoms with Crippen LogP contribution in [-0.2, 0) is 22.0 Å². The Balaban J connectivity index is 0.000000495. The Bertz CT molecular complexity index is 685. The van der Waals surface area contributed by atoms with E-state index >= 15 is 0 Å². The molecule has 1 aromatic carbocycles. The molecule has 0 radical (unpaired) electrons. The van der Waals surface area contributed by atoms with E-state index < -0.39 is 14.2 Å². The minimum absolute atomic E-state index is 0. The molecule has 1 saturated heterocycles. The summed E-state index contributed by atoms with van der Waals surface area (Å²) in [5, 5.41) is 15.3. The predicted octanol–water partition coefficient (Wildman–Crippen LogP) is -2.04.